The molecule has 2 aromatic heterocycles. The first-order chi connectivity index (χ1) is 11.6. The summed E-state index contributed by atoms with van der Waals surface area (Å²) in [7, 11) is 1.90. The predicted octanol–water partition coefficient (Wildman–Crippen LogP) is 3.04. The molecule has 0 unspecified atom stereocenters. The van der Waals surface area contributed by atoms with Gasteiger partial charge in [0.15, 0.2) is 11.0 Å². The maximum atomic E-state index is 12.1. The second-order valence-electron chi connectivity index (χ2n) is 5.32. The molecule has 3 aromatic rings. The third-order valence-electron chi connectivity index (χ3n) is 3.55. The van der Waals surface area contributed by atoms with Crippen LogP contribution in [0.2, 0.25) is 0 Å². The highest BCUT2D eigenvalue weighted by Gasteiger charge is 2.15. The van der Waals surface area contributed by atoms with E-state index >= 15 is 0 Å². The molecule has 0 saturated heterocycles. The van der Waals surface area contributed by atoms with Crippen LogP contribution in [0.5, 0.6) is 0 Å². The van der Waals surface area contributed by atoms with Crippen molar-refractivity contribution >= 4 is 17.7 Å². The highest BCUT2D eigenvalue weighted by atomic mass is 32.2. The third-order valence-corrected chi connectivity index (χ3v) is 4.57. The highest BCUT2D eigenvalue weighted by molar-refractivity contribution is 7.99. The summed E-state index contributed by atoms with van der Waals surface area (Å²) in [5.41, 5.74) is 0.996. The van der Waals surface area contributed by atoms with Crippen molar-refractivity contribution in [2.24, 2.45) is 7.05 Å². The zero-order chi connectivity index (χ0) is 16.9. The Morgan fingerprint density at radius 2 is 2.04 bits per heavy atom. The van der Waals surface area contributed by atoms with E-state index in [0.717, 1.165) is 17.1 Å². The summed E-state index contributed by atoms with van der Waals surface area (Å²) in [5.74, 6) is 1.71. The molecule has 1 amide bonds. The van der Waals surface area contributed by atoms with Gasteiger partial charge in [-0.3, -0.25) is 4.79 Å². The normalized spacial score (nSPS) is 12.1. The molecule has 0 aliphatic carbocycles. The minimum Gasteiger partial charge on any atom is -0.467 e. The fraction of sp³-hybridized carbons (Fsp3) is 0.235. The van der Waals surface area contributed by atoms with Crippen LogP contribution in [0, 0.1) is 0 Å². The largest absolute Gasteiger partial charge is 0.467 e. The molecule has 0 aliphatic rings. The van der Waals surface area contributed by atoms with Crippen LogP contribution in [-0.4, -0.2) is 26.4 Å². The number of hydrogen-bond donors (Lipinski definition) is 1. The van der Waals surface area contributed by atoms with Crippen molar-refractivity contribution in [1.82, 2.24) is 20.1 Å². The van der Waals surface area contributed by atoms with E-state index in [4.69, 9.17) is 4.42 Å². The molecule has 0 spiro atoms. The number of amides is 1. The Hall–Kier alpha value is -2.54. The van der Waals surface area contributed by atoms with Gasteiger partial charge in [-0.25, -0.2) is 0 Å². The molecule has 0 radical (unpaired) electrons. The number of hydrogen-bond acceptors (Lipinski definition) is 5. The van der Waals surface area contributed by atoms with Crippen LogP contribution in [0.15, 0.2) is 58.3 Å². The number of carbonyl (C=O) groups excluding carboxylic acids is 1. The van der Waals surface area contributed by atoms with Crippen molar-refractivity contribution in [3.05, 3.63) is 54.5 Å². The van der Waals surface area contributed by atoms with E-state index in [2.05, 4.69) is 15.5 Å². The molecule has 3 rings (SSSR count). The lowest BCUT2D eigenvalue weighted by atomic mass is 10.2. The van der Waals surface area contributed by atoms with E-state index in [1.807, 2.05) is 54.9 Å². The van der Waals surface area contributed by atoms with Crippen LogP contribution in [-0.2, 0) is 11.8 Å². The van der Waals surface area contributed by atoms with Crippen LogP contribution in [0.25, 0.3) is 11.4 Å². The summed E-state index contributed by atoms with van der Waals surface area (Å²) in [5, 5.41) is 12.0. The zero-order valence-corrected chi connectivity index (χ0v) is 14.3. The van der Waals surface area contributed by atoms with Gasteiger partial charge in [0.25, 0.3) is 0 Å². The molecule has 24 heavy (non-hydrogen) atoms. The number of nitrogens with zero attached hydrogens (tertiary/aromatic N) is 3. The number of furan rings is 1. The van der Waals surface area contributed by atoms with Crippen LogP contribution in [0.3, 0.4) is 0 Å². The summed E-state index contributed by atoms with van der Waals surface area (Å²) >= 11 is 1.36. The van der Waals surface area contributed by atoms with Gasteiger partial charge in [-0.05, 0) is 19.1 Å². The Morgan fingerprint density at radius 3 is 2.75 bits per heavy atom. The quantitative estimate of drug-likeness (QED) is 0.697. The first-order valence-corrected chi connectivity index (χ1v) is 8.54. The molecule has 6 nitrogen and oxygen atoms in total. The molecular weight excluding hydrogens is 324 g/mol. The maximum absolute atomic E-state index is 12.1. The van der Waals surface area contributed by atoms with Gasteiger partial charge in [0, 0.05) is 12.6 Å². The topological polar surface area (TPSA) is 73.0 Å². The van der Waals surface area contributed by atoms with Crippen molar-refractivity contribution in [2.45, 2.75) is 18.1 Å². The smallest absolute Gasteiger partial charge is 0.231 e. The molecule has 2 heterocycles. The third kappa shape index (κ3) is 3.68. The Bertz CT molecular complexity index is 799. The molecule has 1 aromatic carbocycles. The number of benzene rings is 1. The Morgan fingerprint density at radius 1 is 1.25 bits per heavy atom. The summed E-state index contributed by atoms with van der Waals surface area (Å²) in [6.07, 6.45) is 1.59. The van der Waals surface area contributed by atoms with Crippen LogP contribution in [0.1, 0.15) is 18.7 Å². The molecular formula is C17H18N4O2S. The van der Waals surface area contributed by atoms with E-state index in [-0.39, 0.29) is 17.7 Å². The van der Waals surface area contributed by atoms with Crippen molar-refractivity contribution in [3.63, 3.8) is 0 Å². The van der Waals surface area contributed by atoms with E-state index < -0.39 is 0 Å². The first kappa shape index (κ1) is 16.3. The minimum atomic E-state index is -0.160. The van der Waals surface area contributed by atoms with E-state index in [9.17, 15) is 4.79 Å². The van der Waals surface area contributed by atoms with E-state index in [1.54, 1.807) is 12.3 Å². The van der Waals surface area contributed by atoms with Crippen molar-refractivity contribution in [2.75, 3.05) is 5.75 Å². The number of aromatic nitrogens is 3. The molecule has 7 heteroatoms. The molecule has 0 saturated carbocycles. The van der Waals surface area contributed by atoms with Crippen molar-refractivity contribution in [1.29, 1.82) is 0 Å². The Kier molecular flexibility index (Phi) is 5.00. The monoisotopic (exact) mass is 342 g/mol. The first-order valence-electron chi connectivity index (χ1n) is 7.55. The summed E-state index contributed by atoms with van der Waals surface area (Å²) in [6, 6.07) is 13.3. The summed E-state index contributed by atoms with van der Waals surface area (Å²) in [6.45, 7) is 1.89. The number of nitrogens with one attached hydrogen (secondary N) is 1. The van der Waals surface area contributed by atoms with Gasteiger partial charge in [0.05, 0.1) is 18.1 Å². The van der Waals surface area contributed by atoms with Crippen LogP contribution >= 0.6 is 11.8 Å². The van der Waals surface area contributed by atoms with Crippen molar-refractivity contribution in [3.8, 4) is 11.4 Å². The second kappa shape index (κ2) is 7.35. The highest BCUT2D eigenvalue weighted by Crippen LogP contribution is 2.22. The molecule has 124 valence electrons. The van der Waals surface area contributed by atoms with Gasteiger partial charge in [-0.1, -0.05) is 42.1 Å². The van der Waals surface area contributed by atoms with E-state index in [0.29, 0.717) is 5.16 Å². The lowest BCUT2D eigenvalue weighted by molar-refractivity contribution is -0.119. The average Bonchev–Trinajstić information content (AvgIpc) is 3.24. The van der Waals surface area contributed by atoms with Gasteiger partial charge in [0.1, 0.15) is 5.76 Å². The van der Waals surface area contributed by atoms with Gasteiger partial charge in [-0.15, -0.1) is 10.2 Å². The van der Waals surface area contributed by atoms with Crippen LogP contribution in [0.4, 0.5) is 0 Å². The standard InChI is InChI=1S/C17H18N4O2S/c1-12(14-9-6-10-23-14)18-15(22)11-24-17-20-19-16(21(17)2)13-7-4-3-5-8-13/h3-10,12H,11H2,1-2H3,(H,18,22)/t12-/m1/s1. The molecule has 1 atom stereocenters. The maximum Gasteiger partial charge on any atom is 0.231 e. The van der Waals surface area contributed by atoms with Gasteiger partial charge >= 0.3 is 0 Å². The van der Waals surface area contributed by atoms with Gasteiger partial charge in [-0.2, -0.15) is 0 Å². The lowest BCUT2D eigenvalue weighted by Gasteiger charge is -2.11. The molecule has 0 aliphatic heterocycles. The number of thioether (sulfide) groups is 1. The molecule has 1 N–H and O–H groups in total. The Labute approximate surface area is 144 Å². The van der Waals surface area contributed by atoms with Gasteiger partial charge in [0.2, 0.25) is 5.91 Å². The lowest BCUT2D eigenvalue weighted by Crippen LogP contribution is -2.28. The SMILES string of the molecule is C[C@@H](NC(=O)CSc1nnc(-c2ccccc2)n1C)c1ccco1. The number of carbonyl (C=O) groups is 1. The minimum absolute atomic E-state index is 0.0758. The average molecular weight is 342 g/mol. The predicted molar refractivity (Wildman–Crippen MR) is 92.4 cm³/mol. The fourth-order valence-corrected chi connectivity index (χ4v) is 3.02. The van der Waals surface area contributed by atoms with E-state index in [1.165, 1.54) is 11.8 Å². The second-order valence-corrected chi connectivity index (χ2v) is 6.27. The van der Waals surface area contributed by atoms with Gasteiger partial charge < -0.3 is 14.3 Å². The molecule has 0 bridgehead atoms. The zero-order valence-electron chi connectivity index (χ0n) is 13.5. The fourth-order valence-electron chi connectivity index (χ4n) is 2.30. The van der Waals surface area contributed by atoms with Crippen molar-refractivity contribution < 1.29 is 9.21 Å². The Balaban J connectivity index is 1.59. The van der Waals surface area contributed by atoms with Crippen LogP contribution < -0.4 is 5.32 Å². The molecule has 0 fully saturated rings. The summed E-state index contributed by atoms with van der Waals surface area (Å²) < 4.78 is 7.17. The number of rotatable bonds is 6. The summed E-state index contributed by atoms with van der Waals surface area (Å²) in [4.78, 5) is 12.1.